The van der Waals surface area contributed by atoms with E-state index < -0.39 is 0 Å². The SMILES string of the molecule is CCC(C)(C)Nc1cccc(C)c1N. The van der Waals surface area contributed by atoms with Crippen LogP contribution in [0.2, 0.25) is 0 Å². The molecular formula is C12H20N2. The molecule has 3 N–H and O–H groups in total. The van der Waals surface area contributed by atoms with Crippen molar-refractivity contribution in [3.63, 3.8) is 0 Å². The first-order valence-corrected chi connectivity index (χ1v) is 5.09. The number of para-hydroxylation sites is 1. The first-order valence-electron chi connectivity index (χ1n) is 5.09. The summed E-state index contributed by atoms with van der Waals surface area (Å²) in [5.41, 5.74) is 9.10. The normalized spacial score (nSPS) is 11.4. The van der Waals surface area contributed by atoms with Gasteiger partial charge in [-0.2, -0.15) is 0 Å². The lowest BCUT2D eigenvalue weighted by Gasteiger charge is -2.27. The fraction of sp³-hybridized carbons (Fsp3) is 0.500. The molecule has 0 aliphatic heterocycles. The minimum absolute atomic E-state index is 0.0991. The number of rotatable bonds is 3. The fourth-order valence-electron chi connectivity index (χ4n) is 1.24. The summed E-state index contributed by atoms with van der Waals surface area (Å²) in [7, 11) is 0. The Morgan fingerprint density at radius 2 is 2.00 bits per heavy atom. The molecule has 78 valence electrons. The molecule has 0 spiro atoms. The second-order valence-electron chi connectivity index (χ2n) is 4.40. The summed E-state index contributed by atoms with van der Waals surface area (Å²) in [6.07, 6.45) is 1.07. The van der Waals surface area contributed by atoms with Crippen LogP contribution in [0.25, 0.3) is 0 Å². The number of nitrogen functional groups attached to an aromatic ring is 1. The molecule has 14 heavy (non-hydrogen) atoms. The summed E-state index contributed by atoms with van der Waals surface area (Å²) >= 11 is 0. The van der Waals surface area contributed by atoms with Crippen LogP contribution in [0.4, 0.5) is 11.4 Å². The van der Waals surface area contributed by atoms with Crippen molar-refractivity contribution >= 4 is 11.4 Å². The van der Waals surface area contributed by atoms with Crippen molar-refractivity contribution < 1.29 is 0 Å². The Bertz CT molecular complexity index is 316. The Kier molecular flexibility index (Phi) is 3.04. The molecule has 0 fully saturated rings. The maximum Gasteiger partial charge on any atom is 0.0580 e. The molecule has 0 saturated heterocycles. The van der Waals surface area contributed by atoms with Crippen molar-refractivity contribution in [2.45, 2.75) is 39.7 Å². The van der Waals surface area contributed by atoms with E-state index in [1.807, 2.05) is 25.1 Å². The largest absolute Gasteiger partial charge is 0.397 e. The highest BCUT2D eigenvalue weighted by molar-refractivity contribution is 5.70. The summed E-state index contributed by atoms with van der Waals surface area (Å²) in [6, 6.07) is 6.08. The topological polar surface area (TPSA) is 38.0 Å². The van der Waals surface area contributed by atoms with Gasteiger partial charge in [-0.25, -0.2) is 0 Å². The molecule has 1 aromatic rings. The van der Waals surface area contributed by atoms with Gasteiger partial charge in [0.05, 0.1) is 11.4 Å². The smallest absolute Gasteiger partial charge is 0.0580 e. The summed E-state index contributed by atoms with van der Waals surface area (Å²) in [6.45, 7) is 8.54. The van der Waals surface area contributed by atoms with Crippen molar-refractivity contribution in [2.75, 3.05) is 11.1 Å². The molecule has 0 amide bonds. The van der Waals surface area contributed by atoms with E-state index in [1.165, 1.54) is 0 Å². The Morgan fingerprint density at radius 3 is 2.57 bits per heavy atom. The van der Waals surface area contributed by atoms with E-state index in [4.69, 9.17) is 5.73 Å². The zero-order chi connectivity index (χ0) is 10.8. The van der Waals surface area contributed by atoms with Crippen LogP contribution >= 0.6 is 0 Å². The number of aryl methyl sites for hydroxylation is 1. The van der Waals surface area contributed by atoms with Gasteiger partial charge in [0, 0.05) is 5.54 Å². The highest BCUT2D eigenvalue weighted by Gasteiger charge is 2.15. The first kappa shape index (κ1) is 10.9. The second-order valence-corrected chi connectivity index (χ2v) is 4.40. The monoisotopic (exact) mass is 192 g/mol. The number of hydrogen-bond donors (Lipinski definition) is 2. The van der Waals surface area contributed by atoms with Gasteiger partial charge in [-0.15, -0.1) is 0 Å². The Hall–Kier alpha value is -1.18. The molecule has 0 aromatic heterocycles. The highest BCUT2D eigenvalue weighted by Crippen LogP contribution is 2.26. The third-order valence-electron chi connectivity index (χ3n) is 2.68. The van der Waals surface area contributed by atoms with Crippen LogP contribution in [-0.4, -0.2) is 5.54 Å². The number of benzene rings is 1. The average molecular weight is 192 g/mol. The maximum absolute atomic E-state index is 5.98. The van der Waals surface area contributed by atoms with Crippen LogP contribution in [-0.2, 0) is 0 Å². The molecule has 0 unspecified atom stereocenters. The molecule has 1 rings (SSSR count). The molecule has 0 saturated carbocycles. The summed E-state index contributed by atoms with van der Waals surface area (Å²) in [5, 5.41) is 3.45. The van der Waals surface area contributed by atoms with Crippen LogP contribution in [0.3, 0.4) is 0 Å². The van der Waals surface area contributed by atoms with Crippen molar-refractivity contribution in [2.24, 2.45) is 0 Å². The van der Waals surface area contributed by atoms with Crippen molar-refractivity contribution in [1.82, 2.24) is 0 Å². The standard InChI is InChI=1S/C12H20N2/c1-5-12(3,4)14-10-8-6-7-9(2)11(10)13/h6-8,14H,5,13H2,1-4H3. The molecule has 2 nitrogen and oxygen atoms in total. The van der Waals surface area contributed by atoms with Gasteiger partial charge in [0.2, 0.25) is 0 Å². The predicted octanol–water partition coefficient (Wildman–Crippen LogP) is 3.18. The third kappa shape index (κ3) is 2.41. The number of nitrogens with two attached hydrogens (primary N) is 1. The summed E-state index contributed by atoms with van der Waals surface area (Å²) in [4.78, 5) is 0. The predicted molar refractivity (Wildman–Crippen MR) is 63.6 cm³/mol. The van der Waals surface area contributed by atoms with Gasteiger partial charge in [-0.05, 0) is 38.8 Å². The van der Waals surface area contributed by atoms with E-state index in [9.17, 15) is 0 Å². The van der Waals surface area contributed by atoms with Crippen molar-refractivity contribution in [1.29, 1.82) is 0 Å². The Morgan fingerprint density at radius 1 is 1.36 bits per heavy atom. The highest BCUT2D eigenvalue weighted by atomic mass is 15.0. The maximum atomic E-state index is 5.98. The molecule has 0 heterocycles. The Labute approximate surface area is 86.5 Å². The van der Waals surface area contributed by atoms with Crippen LogP contribution in [0, 0.1) is 6.92 Å². The Balaban J connectivity index is 2.92. The number of hydrogen-bond acceptors (Lipinski definition) is 2. The van der Waals surface area contributed by atoms with Crippen LogP contribution in [0.1, 0.15) is 32.8 Å². The van der Waals surface area contributed by atoms with Crippen molar-refractivity contribution in [3.05, 3.63) is 23.8 Å². The van der Waals surface area contributed by atoms with Gasteiger partial charge in [0.15, 0.2) is 0 Å². The molecule has 0 atom stereocenters. The zero-order valence-corrected chi connectivity index (χ0v) is 9.52. The number of anilines is 2. The van der Waals surface area contributed by atoms with E-state index in [2.05, 4.69) is 26.1 Å². The van der Waals surface area contributed by atoms with E-state index in [-0.39, 0.29) is 5.54 Å². The number of nitrogens with one attached hydrogen (secondary N) is 1. The lowest BCUT2D eigenvalue weighted by Crippen LogP contribution is -2.30. The van der Waals surface area contributed by atoms with Gasteiger partial charge in [0.1, 0.15) is 0 Å². The van der Waals surface area contributed by atoms with E-state index >= 15 is 0 Å². The average Bonchev–Trinajstić information content (AvgIpc) is 2.13. The zero-order valence-electron chi connectivity index (χ0n) is 9.52. The van der Waals surface area contributed by atoms with E-state index in [1.54, 1.807) is 0 Å². The molecule has 2 heteroatoms. The van der Waals surface area contributed by atoms with Crippen LogP contribution in [0.5, 0.6) is 0 Å². The summed E-state index contributed by atoms with van der Waals surface area (Å²) in [5.74, 6) is 0. The van der Waals surface area contributed by atoms with Gasteiger partial charge >= 0.3 is 0 Å². The van der Waals surface area contributed by atoms with Crippen molar-refractivity contribution in [3.8, 4) is 0 Å². The van der Waals surface area contributed by atoms with E-state index in [0.717, 1.165) is 23.4 Å². The lowest BCUT2D eigenvalue weighted by atomic mass is 10.0. The van der Waals surface area contributed by atoms with Gasteiger partial charge in [-0.3, -0.25) is 0 Å². The fourth-order valence-corrected chi connectivity index (χ4v) is 1.24. The molecule has 0 radical (unpaired) electrons. The van der Waals surface area contributed by atoms with E-state index in [0.29, 0.717) is 0 Å². The minimum Gasteiger partial charge on any atom is -0.397 e. The quantitative estimate of drug-likeness (QED) is 0.722. The third-order valence-corrected chi connectivity index (χ3v) is 2.68. The van der Waals surface area contributed by atoms with Crippen LogP contribution < -0.4 is 11.1 Å². The van der Waals surface area contributed by atoms with Gasteiger partial charge < -0.3 is 11.1 Å². The summed E-state index contributed by atoms with van der Waals surface area (Å²) < 4.78 is 0. The second kappa shape index (κ2) is 3.91. The van der Waals surface area contributed by atoms with Gasteiger partial charge in [0.25, 0.3) is 0 Å². The van der Waals surface area contributed by atoms with Gasteiger partial charge in [-0.1, -0.05) is 19.1 Å². The molecular weight excluding hydrogens is 172 g/mol. The lowest BCUT2D eigenvalue weighted by molar-refractivity contribution is 0.547. The molecule has 0 bridgehead atoms. The first-order chi connectivity index (χ1) is 6.46. The van der Waals surface area contributed by atoms with Crippen LogP contribution in [0.15, 0.2) is 18.2 Å². The molecule has 0 aliphatic carbocycles. The minimum atomic E-state index is 0.0991. The molecule has 1 aromatic carbocycles. The molecule has 0 aliphatic rings.